The van der Waals surface area contributed by atoms with Gasteiger partial charge in [0.2, 0.25) is 5.91 Å². The third-order valence-electron chi connectivity index (χ3n) is 2.90. The Labute approximate surface area is 119 Å². The van der Waals surface area contributed by atoms with Gasteiger partial charge in [0, 0.05) is 18.1 Å². The molecule has 0 heterocycles. The summed E-state index contributed by atoms with van der Waals surface area (Å²) < 4.78 is 10.3. The lowest BCUT2D eigenvalue weighted by Crippen LogP contribution is -2.20. The van der Waals surface area contributed by atoms with Crippen molar-refractivity contribution in [2.24, 2.45) is 5.92 Å². The molecule has 0 saturated heterocycles. The van der Waals surface area contributed by atoms with Gasteiger partial charge in [-0.3, -0.25) is 4.79 Å². The molecule has 0 aliphatic heterocycles. The van der Waals surface area contributed by atoms with Crippen LogP contribution in [0.5, 0.6) is 11.5 Å². The molecular weight excluding hydrogens is 266 g/mol. The first-order chi connectivity index (χ1) is 9.03. The molecule has 1 rings (SSSR count). The second-order valence-corrected chi connectivity index (χ2v) is 4.77. The standard InChI is InChI=1S/C14H20ClNO3/c1-5-6-9(2)14(17)16-11-8-12(18-3)10(15)7-13(11)19-4/h7-9H,5-6H2,1-4H3,(H,16,17). The molecule has 5 heteroatoms. The number of rotatable bonds is 6. The van der Waals surface area contributed by atoms with Crippen molar-refractivity contribution in [1.29, 1.82) is 0 Å². The van der Waals surface area contributed by atoms with Crippen molar-refractivity contribution in [3.05, 3.63) is 17.2 Å². The van der Waals surface area contributed by atoms with Crippen molar-refractivity contribution in [2.45, 2.75) is 26.7 Å². The van der Waals surface area contributed by atoms with E-state index in [4.69, 9.17) is 21.1 Å². The Balaban J connectivity index is 2.96. The van der Waals surface area contributed by atoms with Gasteiger partial charge >= 0.3 is 0 Å². The van der Waals surface area contributed by atoms with E-state index in [1.165, 1.54) is 14.2 Å². The van der Waals surface area contributed by atoms with Crippen LogP contribution in [0.25, 0.3) is 0 Å². The Hall–Kier alpha value is -1.42. The molecule has 1 amide bonds. The number of carbonyl (C=O) groups excluding carboxylic acids is 1. The summed E-state index contributed by atoms with van der Waals surface area (Å²) in [5.74, 6) is 0.935. The van der Waals surface area contributed by atoms with Crippen LogP contribution in [0.15, 0.2) is 12.1 Å². The SMILES string of the molecule is CCCC(C)C(=O)Nc1cc(OC)c(Cl)cc1OC. The topological polar surface area (TPSA) is 47.6 Å². The molecule has 0 radical (unpaired) electrons. The maximum Gasteiger partial charge on any atom is 0.227 e. The van der Waals surface area contributed by atoms with Crippen molar-refractivity contribution in [1.82, 2.24) is 0 Å². The van der Waals surface area contributed by atoms with Crippen molar-refractivity contribution >= 4 is 23.2 Å². The summed E-state index contributed by atoms with van der Waals surface area (Å²) in [6, 6.07) is 3.29. The first-order valence-corrected chi connectivity index (χ1v) is 6.63. The number of carbonyl (C=O) groups is 1. The van der Waals surface area contributed by atoms with Gasteiger partial charge in [0.25, 0.3) is 0 Å². The van der Waals surface area contributed by atoms with Gasteiger partial charge in [0.1, 0.15) is 11.5 Å². The average molecular weight is 286 g/mol. The van der Waals surface area contributed by atoms with Gasteiger partial charge in [-0.2, -0.15) is 0 Å². The fourth-order valence-electron chi connectivity index (χ4n) is 1.78. The van der Waals surface area contributed by atoms with Crippen molar-refractivity contribution < 1.29 is 14.3 Å². The summed E-state index contributed by atoms with van der Waals surface area (Å²) in [4.78, 5) is 12.0. The molecule has 1 aromatic rings. The number of nitrogens with one attached hydrogen (secondary N) is 1. The monoisotopic (exact) mass is 285 g/mol. The smallest absolute Gasteiger partial charge is 0.227 e. The summed E-state index contributed by atoms with van der Waals surface area (Å²) in [5.41, 5.74) is 0.566. The minimum Gasteiger partial charge on any atom is -0.495 e. The van der Waals surface area contributed by atoms with E-state index < -0.39 is 0 Å². The van der Waals surface area contributed by atoms with Crippen LogP contribution >= 0.6 is 11.6 Å². The highest BCUT2D eigenvalue weighted by Crippen LogP contribution is 2.36. The van der Waals surface area contributed by atoms with E-state index in [0.717, 1.165) is 12.8 Å². The fraction of sp³-hybridized carbons (Fsp3) is 0.500. The van der Waals surface area contributed by atoms with Crippen LogP contribution in [-0.4, -0.2) is 20.1 Å². The highest BCUT2D eigenvalue weighted by atomic mass is 35.5. The molecule has 106 valence electrons. The second-order valence-electron chi connectivity index (χ2n) is 4.37. The molecule has 0 fully saturated rings. The lowest BCUT2D eigenvalue weighted by Gasteiger charge is -2.15. The molecular formula is C14H20ClNO3. The van der Waals surface area contributed by atoms with Gasteiger partial charge in [-0.15, -0.1) is 0 Å². The Kier molecular flexibility index (Phi) is 5.96. The largest absolute Gasteiger partial charge is 0.495 e. The van der Waals surface area contributed by atoms with E-state index in [1.807, 2.05) is 6.92 Å². The molecule has 0 aliphatic rings. The molecule has 0 bridgehead atoms. The number of halogens is 1. The highest BCUT2D eigenvalue weighted by molar-refractivity contribution is 6.32. The number of methoxy groups -OCH3 is 2. The lowest BCUT2D eigenvalue weighted by atomic mass is 10.1. The van der Waals surface area contributed by atoms with Crippen LogP contribution in [0.3, 0.4) is 0 Å². The molecule has 0 spiro atoms. The predicted octanol–water partition coefficient (Wildman–Crippen LogP) is 3.73. The first-order valence-electron chi connectivity index (χ1n) is 6.25. The Morgan fingerprint density at radius 3 is 2.47 bits per heavy atom. The van der Waals surface area contributed by atoms with Gasteiger partial charge in [0.15, 0.2) is 0 Å². The molecule has 19 heavy (non-hydrogen) atoms. The molecule has 1 atom stereocenters. The summed E-state index contributed by atoms with van der Waals surface area (Å²) in [7, 11) is 3.06. The molecule has 0 aromatic heterocycles. The fourth-order valence-corrected chi connectivity index (χ4v) is 2.01. The van der Waals surface area contributed by atoms with Gasteiger partial charge in [-0.05, 0) is 6.42 Å². The summed E-state index contributed by atoms with van der Waals surface area (Å²) in [6.45, 7) is 3.95. The summed E-state index contributed by atoms with van der Waals surface area (Å²) in [5, 5.41) is 3.29. The first kappa shape index (κ1) is 15.6. The third-order valence-corrected chi connectivity index (χ3v) is 3.20. The van der Waals surface area contributed by atoms with E-state index in [-0.39, 0.29) is 11.8 Å². The normalized spacial score (nSPS) is 11.8. The molecule has 1 N–H and O–H groups in total. The third kappa shape index (κ3) is 4.03. The second kappa shape index (κ2) is 7.24. The maximum atomic E-state index is 12.0. The van der Waals surface area contributed by atoms with Gasteiger partial charge in [-0.1, -0.05) is 31.9 Å². The minimum atomic E-state index is -0.0450. The quantitative estimate of drug-likeness (QED) is 0.866. The zero-order chi connectivity index (χ0) is 14.4. The number of hydrogen-bond donors (Lipinski definition) is 1. The minimum absolute atomic E-state index is 0.0375. The summed E-state index contributed by atoms with van der Waals surface area (Å²) in [6.07, 6.45) is 1.81. The lowest BCUT2D eigenvalue weighted by molar-refractivity contribution is -0.119. The van der Waals surface area contributed by atoms with E-state index >= 15 is 0 Å². The van der Waals surface area contributed by atoms with Crippen LogP contribution in [0.2, 0.25) is 5.02 Å². The number of benzene rings is 1. The van der Waals surface area contributed by atoms with Crippen LogP contribution in [-0.2, 0) is 4.79 Å². The van der Waals surface area contributed by atoms with Crippen molar-refractivity contribution in [2.75, 3.05) is 19.5 Å². The van der Waals surface area contributed by atoms with Crippen LogP contribution in [0, 0.1) is 5.92 Å². The zero-order valence-corrected chi connectivity index (χ0v) is 12.5. The number of ether oxygens (including phenoxy) is 2. The van der Waals surface area contributed by atoms with Gasteiger partial charge < -0.3 is 14.8 Å². The maximum absolute atomic E-state index is 12.0. The van der Waals surface area contributed by atoms with Gasteiger partial charge in [-0.25, -0.2) is 0 Å². The van der Waals surface area contributed by atoms with Crippen molar-refractivity contribution in [3.8, 4) is 11.5 Å². The average Bonchev–Trinajstić information content (AvgIpc) is 2.40. The highest BCUT2D eigenvalue weighted by Gasteiger charge is 2.16. The molecule has 0 aliphatic carbocycles. The molecule has 4 nitrogen and oxygen atoms in total. The molecule has 1 aromatic carbocycles. The van der Waals surface area contributed by atoms with Crippen LogP contribution in [0.4, 0.5) is 5.69 Å². The van der Waals surface area contributed by atoms with Crippen molar-refractivity contribution in [3.63, 3.8) is 0 Å². The van der Waals surface area contributed by atoms with E-state index in [9.17, 15) is 4.79 Å². The van der Waals surface area contributed by atoms with E-state index in [0.29, 0.717) is 22.2 Å². The van der Waals surface area contributed by atoms with Crippen LogP contribution in [0.1, 0.15) is 26.7 Å². The van der Waals surface area contributed by atoms with E-state index in [1.54, 1.807) is 12.1 Å². The molecule has 1 unspecified atom stereocenters. The Bertz CT molecular complexity index is 449. The molecule has 0 saturated carbocycles. The Morgan fingerprint density at radius 2 is 1.95 bits per heavy atom. The summed E-state index contributed by atoms with van der Waals surface area (Å²) >= 11 is 6.01. The van der Waals surface area contributed by atoms with Gasteiger partial charge in [0.05, 0.1) is 24.9 Å². The predicted molar refractivity (Wildman–Crippen MR) is 77.3 cm³/mol. The van der Waals surface area contributed by atoms with Crippen LogP contribution < -0.4 is 14.8 Å². The van der Waals surface area contributed by atoms with E-state index in [2.05, 4.69) is 12.2 Å². The zero-order valence-electron chi connectivity index (χ0n) is 11.7. The number of amides is 1. The number of hydrogen-bond acceptors (Lipinski definition) is 3. The number of anilines is 1. The Morgan fingerprint density at radius 1 is 1.32 bits per heavy atom.